The highest BCUT2D eigenvalue weighted by molar-refractivity contribution is 7.89. The molecule has 0 radical (unpaired) electrons. The number of aliphatic hydroxyl groups excluding tert-OH is 1. The summed E-state index contributed by atoms with van der Waals surface area (Å²) in [4.78, 5) is 1.89. The van der Waals surface area contributed by atoms with Gasteiger partial charge < -0.3 is 5.11 Å². The molecule has 2 rings (SSSR count). The average Bonchev–Trinajstić information content (AvgIpc) is 3.09. The molecule has 0 aliphatic rings. The van der Waals surface area contributed by atoms with Crippen LogP contribution in [0, 0.1) is 0 Å². The van der Waals surface area contributed by atoms with Crippen molar-refractivity contribution in [3.63, 3.8) is 0 Å². The second-order valence-corrected chi connectivity index (χ2v) is 8.07. The summed E-state index contributed by atoms with van der Waals surface area (Å²) in [6.45, 7) is 1.90. The van der Waals surface area contributed by atoms with Crippen molar-refractivity contribution in [3.8, 4) is 0 Å². The Morgan fingerprint density at radius 3 is 2.75 bits per heavy atom. The first kappa shape index (κ1) is 15.7. The van der Waals surface area contributed by atoms with Gasteiger partial charge in [0.1, 0.15) is 0 Å². The molecule has 0 spiro atoms. The van der Waals surface area contributed by atoms with Crippen molar-refractivity contribution in [1.82, 2.24) is 4.72 Å². The van der Waals surface area contributed by atoms with Crippen molar-refractivity contribution >= 4 is 32.7 Å². The van der Waals surface area contributed by atoms with Gasteiger partial charge in [-0.25, -0.2) is 13.1 Å². The summed E-state index contributed by atoms with van der Waals surface area (Å²) >= 11 is 2.80. The van der Waals surface area contributed by atoms with Crippen molar-refractivity contribution in [2.24, 2.45) is 0 Å². The van der Waals surface area contributed by atoms with Crippen molar-refractivity contribution in [2.75, 3.05) is 0 Å². The lowest BCUT2D eigenvalue weighted by Crippen LogP contribution is -2.27. The van der Waals surface area contributed by atoms with Crippen molar-refractivity contribution in [1.29, 1.82) is 0 Å². The lowest BCUT2D eigenvalue weighted by atomic mass is 10.1. The maximum Gasteiger partial charge on any atom is 0.241 e. The molecule has 0 amide bonds. The van der Waals surface area contributed by atoms with Crippen LogP contribution in [-0.2, 0) is 16.6 Å². The number of sulfonamides is 1. The van der Waals surface area contributed by atoms with Gasteiger partial charge in [0.15, 0.2) is 0 Å². The quantitative estimate of drug-likeness (QED) is 0.819. The lowest BCUT2D eigenvalue weighted by Gasteiger charge is -2.16. The molecule has 2 N–H and O–H groups in total. The molecule has 7 heteroatoms. The average molecular weight is 331 g/mol. The van der Waals surface area contributed by atoms with Crippen LogP contribution in [0.15, 0.2) is 33.9 Å². The summed E-state index contributed by atoms with van der Waals surface area (Å²) < 4.78 is 27.5. The molecule has 2 aromatic rings. The first-order valence-electron chi connectivity index (χ1n) is 6.31. The Hall–Kier alpha value is -0.730. The summed E-state index contributed by atoms with van der Waals surface area (Å²) in [5, 5.41) is 12.5. The molecule has 1 unspecified atom stereocenters. The van der Waals surface area contributed by atoms with Crippen LogP contribution >= 0.6 is 22.7 Å². The van der Waals surface area contributed by atoms with Crippen LogP contribution in [0.2, 0.25) is 0 Å². The van der Waals surface area contributed by atoms with E-state index in [1.54, 1.807) is 16.7 Å². The van der Waals surface area contributed by atoms with Gasteiger partial charge in [0.2, 0.25) is 10.0 Å². The van der Waals surface area contributed by atoms with Gasteiger partial charge >= 0.3 is 0 Å². The fourth-order valence-electron chi connectivity index (χ4n) is 1.88. The van der Waals surface area contributed by atoms with Crippen LogP contribution in [-0.4, -0.2) is 13.5 Å². The number of nitrogens with one attached hydrogen (secondary N) is 1. The second kappa shape index (κ2) is 6.82. The topological polar surface area (TPSA) is 66.4 Å². The minimum atomic E-state index is -3.54. The van der Waals surface area contributed by atoms with E-state index in [0.29, 0.717) is 4.88 Å². The van der Waals surface area contributed by atoms with E-state index in [1.807, 2.05) is 24.4 Å². The Balaban J connectivity index is 2.20. The summed E-state index contributed by atoms with van der Waals surface area (Å²) in [5.74, 6) is 0. The Morgan fingerprint density at radius 2 is 2.20 bits per heavy atom. The first-order chi connectivity index (χ1) is 9.56. The Morgan fingerprint density at radius 1 is 1.40 bits per heavy atom. The molecule has 2 heterocycles. The maximum absolute atomic E-state index is 12.4. The molecule has 0 saturated carbocycles. The molecule has 1 atom stereocenters. The summed E-state index contributed by atoms with van der Waals surface area (Å²) in [6, 6.07) is 5.19. The zero-order valence-electron chi connectivity index (χ0n) is 11.1. The van der Waals surface area contributed by atoms with Gasteiger partial charge in [0.05, 0.1) is 17.5 Å². The summed E-state index contributed by atoms with van der Waals surface area (Å²) in [5.41, 5.74) is 0. The molecule has 0 aliphatic heterocycles. The zero-order valence-corrected chi connectivity index (χ0v) is 13.5. The van der Waals surface area contributed by atoms with E-state index in [2.05, 4.69) is 4.72 Å². The molecule has 2 aromatic heterocycles. The molecular formula is C13H17NO3S3. The molecule has 110 valence electrons. The SMILES string of the molecule is CCCC(NS(=O)(=O)c1csc(CO)c1)c1cccs1. The van der Waals surface area contributed by atoms with Gasteiger partial charge in [-0.3, -0.25) is 0 Å². The third kappa shape index (κ3) is 3.67. The van der Waals surface area contributed by atoms with Crippen LogP contribution in [0.4, 0.5) is 0 Å². The first-order valence-corrected chi connectivity index (χ1v) is 9.55. The van der Waals surface area contributed by atoms with Gasteiger partial charge in [-0.1, -0.05) is 19.4 Å². The van der Waals surface area contributed by atoms with Crippen molar-refractivity contribution < 1.29 is 13.5 Å². The van der Waals surface area contributed by atoms with E-state index >= 15 is 0 Å². The molecule has 0 saturated heterocycles. The lowest BCUT2D eigenvalue weighted by molar-refractivity contribution is 0.285. The van der Waals surface area contributed by atoms with Gasteiger partial charge in [-0.05, 0) is 23.9 Å². The third-order valence-corrected chi connectivity index (χ3v) is 6.37. The van der Waals surface area contributed by atoms with Gasteiger partial charge in [0.25, 0.3) is 0 Å². The molecule has 4 nitrogen and oxygen atoms in total. The van der Waals surface area contributed by atoms with E-state index in [0.717, 1.165) is 17.7 Å². The number of rotatable bonds is 7. The van der Waals surface area contributed by atoms with E-state index in [-0.39, 0.29) is 17.5 Å². The van der Waals surface area contributed by atoms with Crippen molar-refractivity contribution in [3.05, 3.63) is 38.7 Å². The van der Waals surface area contributed by atoms with E-state index < -0.39 is 10.0 Å². The number of thiophene rings is 2. The molecular weight excluding hydrogens is 314 g/mol. The van der Waals surface area contributed by atoms with Crippen LogP contribution in [0.25, 0.3) is 0 Å². The fourth-order valence-corrected chi connectivity index (χ4v) is 5.15. The van der Waals surface area contributed by atoms with E-state index in [9.17, 15) is 8.42 Å². The van der Waals surface area contributed by atoms with E-state index in [4.69, 9.17) is 5.11 Å². The Bertz CT molecular complexity index is 632. The van der Waals surface area contributed by atoms with Crippen LogP contribution in [0.3, 0.4) is 0 Å². The molecule has 0 aliphatic carbocycles. The number of hydrogen-bond acceptors (Lipinski definition) is 5. The predicted molar refractivity (Wildman–Crippen MR) is 82.5 cm³/mol. The Labute approximate surface area is 127 Å². The maximum atomic E-state index is 12.4. The minimum absolute atomic E-state index is 0.135. The van der Waals surface area contributed by atoms with Gasteiger partial charge in [0, 0.05) is 15.1 Å². The minimum Gasteiger partial charge on any atom is -0.391 e. The van der Waals surface area contributed by atoms with Crippen molar-refractivity contribution in [2.45, 2.75) is 37.3 Å². The summed E-state index contributed by atoms with van der Waals surface area (Å²) in [7, 11) is -3.54. The zero-order chi connectivity index (χ0) is 14.6. The largest absolute Gasteiger partial charge is 0.391 e. The van der Waals surface area contributed by atoms with Crippen LogP contribution in [0.1, 0.15) is 35.6 Å². The van der Waals surface area contributed by atoms with Gasteiger partial charge in [-0.15, -0.1) is 22.7 Å². The highest BCUT2D eigenvalue weighted by Crippen LogP contribution is 2.27. The van der Waals surface area contributed by atoms with Crippen LogP contribution in [0.5, 0.6) is 0 Å². The molecule has 0 fully saturated rings. The van der Waals surface area contributed by atoms with Crippen LogP contribution < -0.4 is 4.72 Å². The normalized spacial score (nSPS) is 13.5. The Kier molecular flexibility index (Phi) is 5.34. The molecule has 0 aromatic carbocycles. The highest BCUT2D eigenvalue weighted by Gasteiger charge is 2.22. The second-order valence-electron chi connectivity index (χ2n) is 4.38. The predicted octanol–water partition coefficient (Wildman–Crippen LogP) is 3.12. The standard InChI is InChI=1S/C13H17NO3S3/c1-2-4-12(13-5-3-6-18-13)14-20(16,17)11-7-10(8-15)19-9-11/h3,5-7,9,12,14-15H,2,4,8H2,1H3. The third-order valence-electron chi connectivity index (χ3n) is 2.86. The number of aliphatic hydroxyl groups is 1. The smallest absolute Gasteiger partial charge is 0.241 e. The monoisotopic (exact) mass is 331 g/mol. The fraction of sp³-hybridized carbons (Fsp3) is 0.385. The van der Waals surface area contributed by atoms with Gasteiger partial charge in [-0.2, -0.15) is 0 Å². The molecule has 0 bridgehead atoms. The highest BCUT2D eigenvalue weighted by atomic mass is 32.2. The summed E-state index contributed by atoms with van der Waals surface area (Å²) in [6.07, 6.45) is 1.66. The molecule has 20 heavy (non-hydrogen) atoms. The van der Waals surface area contributed by atoms with E-state index in [1.165, 1.54) is 17.4 Å². The number of hydrogen-bond donors (Lipinski definition) is 2.